The number of aliphatic hydroxyl groups is 1. The molecule has 1 heterocycles. The highest BCUT2D eigenvalue weighted by molar-refractivity contribution is 7.89. The maximum absolute atomic E-state index is 12.8. The van der Waals surface area contributed by atoms with E-state index in [4.69, 9.17) is 0 Å². The van der Waals surface area contributed by atoms with Crippen molar-refractivity contribution in [3.05, 3.63) is 51.7 Å². The molecule has 1 saturated carbocycles. The third kappa shape index (κ3) is 5.03. The second-order valence-electron chi connectivity index (χ2n) is 8.16. The summed E-state index contributed by atoms with van der Waals surface area (Å²) in [4.78, 5) is 15.1. The minimum Gasteiger partial charge on any atom is -0.388 e. The van der Waals surface area contributed by atoms with Gasteiger partial charge in [-0.2, -0.15) is 4.31 Å². The first-order chi connectivity index (χ1) is 14.7. The number of hydrogen-bond donors (Lipinski definition) is 2. The molecule has 1 aromatic carbocycles. The van der Waals surface area contributed by atoms with E-state index in [0.29, 0.717) is 25.2 Å². The molecule has 0 aliphatic heterocycles. The van der Waals surface area contributed by atoms with Crippen LogP contribution >= 0.6 is 11.3 Å². The fraction of sp³-hybridized carbons (Fsp3) is 0.522. The lowest BCUT2D eigenvalue weighted by Crippen LogP contribution is -2.38. The van der Waals surface area contributed by atoms with Crippen molar-refractivity contribution in [3.63, 3.8) is 0 Å². The summed E-state index contributed by atoms with van der Waals surface area (Å²) in [6.45, 7) is 6.72. The molecule has 0 bridgehead atoms. The van der Waals surface area contributed by atoms with Crippen molar-refractivity contribution in [2.75, 3.05) is 19.6 Å². The van der Waals surface area contributed by atoms with Crippen molar-refractivity contribution < 1.29 is 18.3 Å². The topological polar surface area (TPSA) is 86.7 Å². The first kappa shape index (κ1) is 23.9. The Kier molecular flexibility index (Phi) is 7.57. The molecular weight excluding hydrogens is 432 g/mol. The molecule has 1 aromatic heterocycles. The number of carbonyl (C=O) groups excluding carboxylic acids is 1. The number of rotatable bonds is 9. The second kappa shape index (κ2) is 9.81. The molecule has 1 fully saturated rings. The van der Waals surface area contributed by atoms with Crippen LogP contribution < -0.4 is 5.32 Å². The van der Waals surface area contributed by atoms with Crippen molar-refractivity contribution in [1.29, 1.82) is 0 Å². The molecule has 1 unspecified atom stereocenters. The summed E-state index contributed by atoms with van der Waals surface area (Å²) in [6.07, 6.45) is 3.77. The lowest BCUT2D eigenvalue weighted by Gasteiger charge is -2.28. The van der Waals surface area contributed by atoms with Gasteiger partial charge < -0.3 is 10.4 Å². The zero-order valence-corrected chi connectivity index (χ0v) is 20.1. The minimum atomic E-state index is -3.54. The van der Waals surface area contributed by atoms with Crippen molar-refractivity contribution in [1.82, 2.24) is 9.62 Å². The van der Waals surface area contributed by atoms with E-state index in [1.165, 1.54) is 21.3 Å². The molecule has 0 saturated heterocycles. The van der Waals surface area contributed by atoms with Gasteiger partial charge in [0, 0.05) is 40.4 Å². The number of sulfonamides is 1. The van der Waals surface area contributed by atoms with Gasteiger partial charge in [-0.1, -0.05) is 26.7 Å². The molecule has 3 rings (SSSR count). The Bertz CT molecular complexity index is 987. The Labute approximate surface area is 189 Å². The first-order valence-electron chi connectivity index (χ1n) is 10.9. The average Bonchev–Trinajstić information content (AvgIpc) is 3.43. The summed E-state index contributed by atoms with van der Waals surface area (Å²) in [5.74, 6) is -0.203. The largest absolute Gasteiger partial charge is 0.388 e. The van der Waals surface area contributed by atoms with Gasteiger partial charge in [0.05, 0.1) is 11.0 Å². The van der Waals surface area contributed by atoms with Crippen LogP contribution in [0.4, 0.5) is 0 Å². The van der Waals surface area contributed by atoms with E-state index in [-0.39, 0.29) is 16.2 Å². The van der Waals surface area contributed by atoms with E-state index in [0.717, 1.165) is 30.6 Å². The van der Waals surface area contributed by atoms with E-state index in [2.05, 4.69) is 11.4 Å². The predicted octanol–water partition coefficient (Wildman–Crippen LogP) is 4.07. The fourth-order valence-electron chi connectivity index (χ4n) is 4.27. The van der Waals surface area contributed by atoms with Crippen LogP contribution in [0, 0.1) is 0 Å². The summed E-state index contributed by atoms with van der Waals surface area (Å²) in [7, 11) is -3.54. The smallest absolute Gasteiger partial charge is 0.251 e. The SMILES string of the molecule is CCN(CC)S(=O)(=O)c1ccc(C(=O)NCC2(c3ccc(C(C)O)s3)CCCC2)cc1. The van der Waals surface area contributed by atoms with Crippen LogP contribution in [0.15, 0.2) is 41.3 Å². The summed E-state index contributed by atoms with van der Waals surface area (Å²) < 4.78 is 26.7. The molecular formula is C23H32N2O4S2. The highest BCUT2D eigenvalue weighted by atomic mass is 32.2. The Hall–Kier alpha value is -1.74. The fourth-order valence-corrected chi connectivity index (χ4v) is 6.91. The molecule has 6 nitrogen and oxygen atoms in total. The molecule has 0 radical (unpaired) electrons. The van der Waals surface area contributed by atoms with Gasteiger partial charge in [0.2, 0.25) is 10.0 Å². The van der Waals surface area contributed by atoms with Crippen LogP contribution in [0.25, 0.3) is 0 Å². The molecule has 8 heteroatoms. The van der Waals surface area contributed by atoms with Gasteiger partial charge in [-0.15, -0.1) is 11.3 Å². The van der Waals surface area contributed by atoms with Gasteiger partial charge in [0.1, 0.15) is 0 Å². The highest BCUT2D eigenvalue weighted by Crippen LogP contribution is 2.44. The normalized spacial score (nSPS) is 17.1. The maximum atomic E-state index is 12.8. The molecule has 1 aliphatic rings. The molecule has 2 aromatic rings. The van der Waals surface area contributed by atoms with Crippen molar-refractivity contribution in [2.24, 2.45) is 0 Å². The van der Waals surface area contributed by atoms with Gasteiger partial charge in [0.15, 0.2) is 0 Å². The lowest BCUT2D eigenvalue weighted by molar-refractivity contribution is 0.0943. The van der Waals surface area contributed by atoms with Gasteiger partial charge in [-0.05, 0) is 56.2 Å². The van der Waals surface area contributed by atoms with Crippen LogP contribution in [0.5, 0.6) is 0 Å². The van der Waals surface area contributed by atoms with Crippen LogP contribution in [-0.4, -0.2) is 43.4 Å². The molecule has 170 valence electrons. The third-order valence-electron chi connectivity index (χ3n) is 6.17. The van der Waals surface area contributed by atoms with E-state index < -0.39 is 16.1 Å². The Balaban J connectivity index is 1.72. The lowest BCUT2D eigenvalue weighted by atomic mass is 9.84. The highest BCUT2D eigenvalue weighted by Gasteiger charge is 2.37. The van der Waals surface area contributed by atoms with E-state index >= 15 is 0 Å². The van der Waals surface area contributed by atoms with Gasteiger partial charge in [-0.25, -0.2) is 8.42 Å². The Morgan fingerprint density at radius 3 is 2.26 bits per heavy atom. The number of hydrogen-bond acceptors (Lipinski definition) is 5. The maximum Gasteiger partial charge on any atom is 0.251 e. The van der Waals surface area contributed by atoms with Crippen LogP contribution in [0.3, 0.4) is 0 Å². The molecule has 31 heavy (non-hydrogen) atoms. The summed E-state index contributed by atoms with van der Waals surface area (Å²) >= 11 is 1.62. The zero-order valence-electron chi connectivity index (χ0n) is 18.4. The Morgan fingerprint density at radius 1 is 1.13 bits per heavy atom. The van der Waals surface area contributed by atoms with E-state index in [1.54, 1.807) is 44.2 Å². The number of thiophene rings is 1. The van der Waals surface area contributed by atoms with Gasteiger partial charge in [-0.3, -0.25) is 4.79 Å². The molecule has 1 atom stereocenters. The number of nitrogens with one attached hydrogen (secondary N) is 1. The minimum absolute atomic E-state index is 0.0977. The molecule has 0 spiro atoms. The van der Waals surface area contributed by atoms with Gasteiger partial charge in [0.25, 0.3) is 5.91 Å². The van der Waals surface area contributed by atoms with Crippen molar-refractivity contribution >= 4 is 27.3 Å². The predicted molar refractivity (Wildman–Crippen MR) is 124 cm³/mol. The van der Waals surface area contributed by atoms with E-state index in [9.17, 15) is 18.3 Å². The monoisotopic (exact) mass is 464 g/mol. The van der Waals surface area contributed by atoms with Gasteiger partial charge >= 0.3 is 0 Å². The van der Waals surface area contributed by atoms with Crippen LogP contribution in [0.2, 0.25) is 0 Å². The summed E-state index contributed by atoms with van der Waals surface area (Å²) in [5, 5.41) is 12.9. The van der Waals surface area contributed by atoms with Crippen molar-refractivity contribution in [3.8, 4) is 0 Å². The van der Waals surface area contributed by atoms with E-state index in [1.807, 2.05) is 6.07 Å². The number of carbonyl (C=O) groups is 1. The first-order valence-corrected chi connectivity index (χ1v) is 13.2. The average molecular weight is 465 g/mol. The quantitative estimate of drug-likeness (QED) is 0.586. The number of amides is 1. The Morgan fingerprint density at radius 2 is 1.74 bits per heavy atom. The molecule has 1 aliphatic carbocycles. The zero-order chi connectivity index (χ0) is 22.6. The summed E-state index contributed by atoms with van der Waals surface area (Å²) in [5.41, 5.74) is 0.349. The van der Waals surface area contributed by atoms with Crippen LogP contribution in [-0.2, 0) is 15.4 Å². The number of aliphatic hydroxyl groups excluding tert-OH is 1. The number of nitrogens with zero attached hydrogens (tertiary/aromatic N) is 1. The number of benzene rings is 1. The molecule has 1 amide bonds. The summed E-state index contributed by atoms with van der Waals surface area (Å²) in [6, 6.07) is 10.2. The van der Waals surface area contributed by atoms with Crippen molar-refractivity contribution in [2.45, 2.75) is 62.9 Å². The standard InChI is InChI=1S/C23H32N2O4S2/c1-4-25(5-2)31(28,29)19-10-8-18(9-11-19)22(27)24-16-23(14-6-7-15-23)21-13-12-20(30-21)17(3)26/h8-13,17,26H,4-7,14-16H2,1-3H3,(H,24,27). The third-order valence-corrected chi connectivity index (χ3v) is 9.73. The van der Waals surface area contributed by atoms with Crippen LogP contribution in [0.1, 0.15) is 72.7 Å². The second-order valence-corrected chi connectivity index (χ2v) is 11.2. The molecule has 2 N–H and O–H groups in total.